The number of thiophene rings is 2. The van der Waals surface area contributed by atoms with Gasteiger partial charge in [0.25, 0.3) is 0 Å². The van der Waals surface area contributed by atoms with Crippen LogP contribution in [-0.4, -0.2) is 48.2 Å². The van der Waals surface area contributed by atoms with Gasteiger partial charge >= 0.3 is 0 Å². The normalized spacial score (nSPS) is 12.0. The first-order valence-corrected chi connectivity index (χ1v) is 42.2. The zero-order valence-corrected chi connectivity index (χ0v) is 66.3. The Morgan fingerprint density at radius 3 is 1.11 bits per heavy atom. The third kappa shape index (κ3) is 11.0. The Balaban J connectivity index is 0.000000135. The predicted molar refractivity (Wildman–Crippen MR) is 503 cm³/mol. The van der Waals surface area contributed by atoms with E-state index in [1.165, 1.54) is 89.1 Å². The number of benzene rings is 17. The maximum absolute atomic E-state index is 6.60. The number of hydrogen-bond acceptors (Lipinski definition) is 9. The molecule has 13 heteroatoms. The number of furan rings is 1. The van der Waals surface area contributed by atoms with Crippen molar-refractivity contribution in [2.45, 2.75) is 0 Å². The molecule has 0 aliphatic rings. The van der Waals surface area contributed by atoms with E-state index in [2.05, 4.69) is 279 Å². The van der Waals surface area contributed by atoms with Crippen LogP contribution in [0.5, 0.6) is 0 Å². The fourth-order valence-electron chi connectivity index (χ4n) is 18.4. The number of hydrogen-bond donors (Lipinski definition) is 0. The number of rotatable bonds is 10. The fourth-order valence-corrected chi connectivity index (χ4v) is 20.8. The number of nitrogens with zero attached hydrogens (tertiary/aromatic N) is 10. The van der Waals surface area contributed by atoms with E-state index in [1.54, 1.807) is 0 Å². The Morgan fingerprint density at radius 2 is 0.545 bits per heavy atom. The van der Waals surface area contributed by atoms with Crippen molar-refractivity contribution >= 4 is 172 Å². The van der Waals surface area contributed by atoms with Crippen LogP contribution in [0.1, 0.15) is 0 Å². The molecule has 17 aromatic carbocycles. The molecule has 26 rings (SSSR count). The summed E-state index contributed by atoms with van der Waals surface area (Å²) in [7, 11) is 0. The summed E-state index contributed by atoms with van der Waals surface area (Å²) in [5.41, 5.74) is 21.3. The van der Waals surface area contributed by atoms with Gasteiger partial charge in [0.15, 0.2) is 34.9 Å². The summed E-state index contributed by atoms with van der Waals surface area (Å²) >= 11 is 3.69. The first kappa shape index (κ1) is 68.4. The van der Waals surface area contributed by atoms with Gasteiger partial charge in [-0.3, -0.25) is 0 Å². The lowest BCUT2D eigenvalue weighted by Crippen LogP contribution is -2.00. The van der Waals surface area contributed by atoms with Crippen LogP contribution in [0.4, 0.5) is 0 Å². The first-order chi connectivity index (χ1) is 60.0. The molecule has 121 heavy (non-hydrogen) atoms. The van der Waals surface area contributed by atoms with Gasteiger partial charge in [-0.2, -0.15) is 0 Å². The van der Waals surface area contributed by atoms with Gasteiger partial charge in [0.05, 0.1) is 54.2 Å². The van der Waals surface area contributed by atoms with Gasteiger partial charge in [-0.05, 0) is 146 Å². The lowest BCUT2D eigenvalue weighted by atomic mass is 10.1. The summed E-state index contributed by atoms with van der Waals surface area (Å²) < 4.78 is 21.3. The standard InChI is InChI=1S/C57H33N5OS.C51H31N5S/c1-3-13-34(14-4-1)55-58-56(35-15-5-2-6-16-35)60-57(59-55)36-23-29-51-44(31-36)45-33-38(25-30-52(45)64-51)61-46-20-10-7-17-39(46)43-32-37(24-27-48(43)61)62-47-21-11-8-19-42(47)53-49(62)28-26-41-40-18-9-12-22-50(40)63-54(41)53;1-3-13-32(14-4-1)49-52-50(33-15-5-2-6-16-33)54-51(53-49)34-23-25-35(26-24-34)55-43-20-10-8-18-38(43)42-31-36(27-30-45(42)55)56-44-21-11-7-17-37(44)40-28-29-41-39-19-9-12-22-46(39)57-48(41)47(40)56/h1-33H;1-31H. The van der Waals surface area contributed by atoms with Crippen LogP contribution in [0.3, 0.4) is 0 Å². The predicted octanol–water partition coefficient (Wildman–Crippen LogP) is 28.8. The molecule has 0 amide bonds. The van der Waals surface area contributed by atoms with Crippen LogP contribution in [0, 0.1) is 0 Å². The third-order valence-corrected chi connectivity index (χ3v) is 26.3. The van der Waals surface area contributed by atoms with E-state index in [4.69, 9.17) is 34.3 Å². The van der Waals surface area contributed by atoms with Crippen molar-refractivity contribution in [2.75, 3.05) is 0 Å². The van der Waals surface area contributed by atoms with Gasteiger partial charge in [0.1, 0.15) is 11.2 Å². The summed E-state index contributed by atoms with van der Waals surface area (Å²) in [5, 5.41) is 16.9. The minimum absolute atomic E-state index is 0.639. The molecule has 26 aromatic rings. The largest absolute Gasteiger partial charge is 0.455 e. The van der Waals surface area contributed by atoms with E-state index in [-0.39, 0.29) is 0 Å². The molecule has 0 bridgehead atoms. The number of fused-ring (bicyclic) bond motifs is 23. The van der Waals surface area contributed by atoms with Crippen molar-refractivity contribution in [3.05, 3.63) is 388 Å². The van der Waals surface area contributed by atoms with Crippen LogP contribution in [-0.2, 0) is 0 Å². The fraction of sp³-hybridized carbons (Fsp3) is 0. The van der Waals surface area contributed by atoms with Crippen molar-refractivity contribution < 1.29 is 4.42 Å². The quantitative estimate of drug-likeness (QED) is 0.134. The lowest BCUT2D eigenvalue weighted by Gasteiger charge is -2.12. The van der Waals surface area contributed by atoms with Gasteiger partial charge in [-0.1, -0.05) is 243 Å². The Bertz CT molecular complexity index is 8600. The van der Waals surface area contributed by atoms with E-state index < -0.39 is 0 Å². The van der Waals surface area contributed by atoms with E-state index in [0.717, 1.165) is 117 Å². The summed E-state index contributed by atoms with van der Waals surface area (Å²) in [6.45, 7) is 0. The number of aromatic nitrogens is 10. The molecule has 0 unspecified atom stereocenters. The molecule has 0 saturated heterocycles. The molecule has 0 saturated carbocycles. The Labute approximate surface area is 699 Å². The molecular weight excluding hydrogens is 1520 g/mol. The second-order valence-corrected chi connectivity index (χ2v) is 32.9. The minimum Gasteiger partial charge on any atom is -0.455 e. The molecule has 0 N–H and O–H groups in total. The van der Waals surface area contributed by atoms with Crippen molar-refractivity contribution in [2.24, 2.45) is 0 Å². The van der Waals surface area contributed by atoms with Gasteiger partial charge in [-0.25, -0.2) is 29.9 Å². The summed E-state index contributed by atoms with van der Waals surface area (Å²) in [6.07, 6.45) is 0. The SMILES string of the molecule is c1ccc(-c2nc(-c3ccccc3)nc(-c3ccc(-n4c5ccccc5c5cc(-n6c7ccccc7c7ccc8c9ccccc9sc8c76)ccc54)cc3)n2)cc1.c1ccc(-c2nc(-c3ccccc3)nc(-c3ccc4sc5ccc(-n6c7ccccc7c7cc(-n8c9ccccc9c9c%10oc%11ccccc%11c%10ccc98)ccc76)cc5c4c3)n2)cc1. The smallest absolute Gasteiger partial charge is 0.164 e. The van der Waals surface area contributed by atoms with Crippen molar-refractivity contribution in [1.82, 2.24) is 48.2 Å². The molecule has 0 atom stereocenters. The number of para-hydroxylation sites is 5. The first-order valence-electron chi connectivity index (χ1n) is 40.5. The van der Waals surface area contributed by atoms with E-state index >= 15 is 0 Å². The van der Waals surface area contributed by atoms with Crippen LogP contribution in [0.2, 0.25) is 0 Å². The molecule has 0 spiro atoms. The molecule has 0 aliphatic heterocycles. The highest BCUT2D eigenvalue weighted by molar-refractivity contribution is 7.26. The van der Waals surface area contributed by atoms with Crippen molar-refractivity contribution in [1.29, 1.82) is 0 Å². The molecule has 0 fully saturated rings. The van der Waals surface area contributed by atoms with E-state index in [9.17, 15) is 0 Å². The van der Waals surface area contributed by atoms with Gasteiger partial charge in [-0.15, -0.1) is 22.7 Å². The van der Waals surface area contributed by atoms with Crippen molar-refractivity contribution in [3.63, 3.8) is 0 Å². The Hall–Kier alpha value is -15.8. The summed E-state index contributed by atoms with van der Waals surface area (Å²) in [6, 6.07) is 138. The van der Waals surface area contributed by atoms with Crippen LogP contribution in [0.25, 0.3) is 241 Å². The molecule has 564 valence electrons. The third-order valence-electron chi connectivity index (χ3n) is 23.9. The van der Waals surface area contributed by atoms with Crippen LogP contribution >= 0.6 is 22.7 Å². The second kappa shape index (κ2) is 27.4. The lowest BCUT2D eigenvalue weighted by molar-refractivity contribution is 0.673. The molecule has 0 radical (unpaired) electrons. The van der Waals surface area contributed by atoms with Crippen molar-refractivity contribution in [3.8, 4) is 91.1 Å². The minimum atomic E-state index is 0.639. The molecule has 11 nitrogen and oxygen atoms in total. The molecule has 0 aliphatic carbocycles. The summed E-state index contributed by atoms with van der Waals surface area (Å²) in [5.74, 6) is 3.89. The molecular formula is C108H64N10OS2. The average Bonchev–Trinajstić information content (AvgIpc) is 1.55. The second-order valence-electron chi connectivity index (χ2n) is 30.8. The van der Waals surface area contributed by atoms with E-state index in [1.807, 2.05) is 150 Å². The van der Waals surface area contributed by atoms with Crippen LogP contribution < -0.4 is 0 Å². The maximum atomic E-state index is 6.60. The Kier molecular flexibility index (Phi) is 15.5. The maximum Gasteiger partial charge on any atom is 0.164 e. The zero-order valence-electron chi connectivity index (χ0n) is 64.6. The van der Waals surface area contributed by atoms with Gasteiger partial charge < -0.3 is 22.7 Å². The van der Waals surface area contributed by atoms with Gasteiger partial charge in [0.2, 0.25) is 0 Å². The molecule has 9 heterocycles. The average molecular weight is 1580 g/mol. The van der Waals surface area contributed by atoms with Crippen LogP contribution in [0.15, 0.2) is 393 Å². The zero-order chi connectivity index (χ0) is 79.3. The molecule has 9 aromatic heterocycles. The highest BCUT2D eigenvalue weighted by atomic mass is 32.1. The van der Waals surface area contributed by atoms with E-state index in [0.29, 0.717) is 34.9 Å². The Morgan fingerprint density at radius 1 is 0.198 bits per heavy atom. The summed E-state index contributed by atoms with van der Waals surface area (Å²) in [4.78, 5) is 29.8. The topological polar surface area (TPSA) is 110 Å². The highest BCUT2D eigenvalue weighted by Gasteiger charge is 2.25. The highest BCUT2D eigenvalue weighted by Crippen LogP contribution is 2.47. The monoisotopic (exact) mass is 1580 g/mol. The van der Waals surface area contributed by atoms with Gasteiger partial charge in [0, 0.05) is 140 Å².